The van der Waals surface area contributed by atoms with E-state index in [-0.39, 0.29) is 5.91 Å². The van der Waals surface area contributed by atoms with E-state index >= 15 is 0 Å². The molecule has 0 aromatic heterocycles. The maximum absolute atomic E-state index is 12.4. The van der Waals surface area contributed by atoms with E-state index in [1.165, 1.54) is 0 Å². The molecule has 2 rings (SSSR count). The molecule has 1 fully saturated rings. The first-order chi connectivity index (χ1) is 9.61. The fraction of sp³-hybridized carbons (Fsp3) is 0.533. The van der Waals surface area contributed by atoms with Gasteiger partial charge in [0, 0.05) is 42.8 Å². The van der Waals surface area contributed by atoms with Crippen molar-refractivity contribution < 1.29 is 9.53 Å². The quantitative estimate of drug-likeness (QED) is 0.824. The fourth-order valence-corrected chi connectivity index (χ4v) is 2.74. The molecule has 1 atom stereocenters. The number of rotatable bonds is 5. The van der Waals surface area contributed by atoms with E-state index in [0.717, 1.165) is 42.7 Å². The summed E-state index contributed by atoms with van der Waals surface area (Å²) in [4.78, 5) is 16.6. The Balaban J connectivity index is 1.92. The van der Waals surface area contributed by atoms with Gasteiger partial charge in [-0.15, -0.1) is 0 Å². The summed E-state index contributed by atoms with van der Waals surface area (Å²) in [7, 11) is 3.81. The van der Waals surface area contributed by atoms with Crippen molar-refractivity contribution >= 4 is 21.8 Å². The third-order valence-electron chi connectivity index (χ3n) is 3.81. The molecule has 0 bridgehead atoms. The van der Waals surface area contributed by atoms with Crippen LogP contribution in [0.4, 0.5) is 0 Å². The first kappa shape index (κ1) is 15.5. The Kier molecular flexibility index (Phi) is 5.57. The van der Waals surface area contributed by atoms with Crippen molar-refractivity contribution in [3.63, 3.8) is 0 Å². The molecule has 0 aliphatic carbocycles. The average Bonchev–Trinajstić information content (AvgIpc) is 2.94. The molecule has 4 nitrogen and oxygen atoms in total. The molecule has 0 N–H and O–H groups in total. The standard InChI is InChI=1S/C15H21BrN2O2/c1-17(9-10-20-2)14-7-8-18(11-14)15(19)12-3-5-13(16)6-4-12/h3-6,14H,7-11H2,1-2H3/t14-/m0/s1. The molecule has 1 aliphatic heterocycles. The van der Waals surface area contributed by atoms with Gasteiger partial charge in [0.15, 0.2) is 0 Å². The van der Waals surface area contributed by atoms with Crippen LogP contribution in [-0.2, 0) is 4.74 Å². The zero-order chi connectivity index (χ0) is 14.5. The molecular weight excluding hydrogens is 320 g/mol. The zero-order valence-electron chi connectivity index (χ0n) is 12.0. The van der Waals surface area contributed by atoms with E-state index in [1.807, 2.05) is 29.2 Å². The van der Waals surface area contributed by atoms with Crippen molar-refractivity contribution in [3.05, 3.63) is 34.3 Å². The van der Waals surface area contributed by atoms with Crippen LogP contribution in [0.5, 0.6) is 0 Å². The van der Waals surface area contributed by atoms with Crippen molar-refractivity contribution in [2.24, 2.45) is 0 Å². The summed E-state index contributed by atoms with van der Waals surface area (Å²) in [6.07, 6.45) is 1.03. The lowest BCUT2D eigenvalue weighted by Gasteiger charge is -2.24. The zero-order valence-corrected chi connectivity index (χ0v) is 13.6. The highest BCUT2D eigenvalue weighted by Gasteiger charge is 2.29. The summed E-state index contributed by atoms with van der Waals surface area (Å²) >= 11 is 3.39. The number of likely N-dealkylation sites (tertiary alicyclic amines) is 1. The molecule has 1 aromatic rings. The number of likely N-dealkylation sites (N-methyl/N-ethyl adjacent to an activating group) is 1. The maximum Gasteiger partial charge on any atom is 0.253 e. The number of ether oxygens (including phenoxy) is 1. The molecule has 1 aliphatic rings. The summed E-state index contributed by atoms with van der Waals surface area (Å²) in [5.74, 6) is 0.125. The van der Waals surface area contributed by atoms with Crippen LogP contribution in [-0.4, -0.2) is 62.1 Å². The maximum atomic E-state index is 12.4. The second-order valence-electron chi connectivity index (χ2n) is 5.17. The molecule has 1 aromatic carbocycles. The third-order valence-corrected chi connectivity index (χ3v) is 4.34. The van der Waals surface area contributed by atoms with Gasteiger partial charge >= 0.3 is 0 Å². The van der Waals surface area contributed by atoms with E-state index in [9.17, 15) is 4.79 Å². The molecule has 1 amide bonds. The normalized spacial score (nSPS) is 18.8. The Bertz CT molecular complexity index is 450. The number of carbonyl (C=O) groups is 1. The molecular formula is C15H21BrN2O2. The third kappa shape index (κ3) is 3.81. The Labute approximate surface area is 128 Å². The number of halogens is 1. The summed E-state index contributed by atoms with van der Waals surface area (Å²) in [5.41, 5.74) is 0.758. The Hall–Kier alpha value is -0.910. The van der Waals surface area contributed by atoms with Crippen LogP contribution >= 0.6 is 15.9 Å². The van der Waals surface area contributed by atoms with Gasteiger partial charge in [-0.05, 0) is 37.7 Å². The van der Waals surface area contributed by atoms with Crippen molar-refractivity contribution in [2.75, 3.05) is 40.4 Å². The molecule has 0 spiro atoms. The fourth-order valence-electron chi connectivity index (χ4n) is 2.48. The smallest absolute Gasteiger partial charge is 0.253 e. The van der Waals surface area contributed by atoms with Crippen LogP contribution in [0.15, 0.2) is 28.7 Å². The summed E-state index contributed by atoms with van der Waals surface area (Å²) in [6, 6.07) is 7.99. The van der Waals surface area contributed by atoms with Crippen molar-refractivity contribution in [2.45, 2.75) is 12.5 Å². The van der Waals surface area contributed by atoms with Crippen LogP contribution in [0.2, 0.25) is 0 Å². The van der Waals surface area contributed by atoms with Gasteiger partial charge in [0.1, 0.15) is 0 Å². The van der Waals surface area contributed by atoms with Crippen LogP contribution in [0.3, 0.4) is 0 Å². The number of nitrogens with zero attached hydrogens (tertiary/aromatic N) is 2. The topological polar surface area (TPSA) is 32.8 Å². The number of benzene rings is 1. The SMILES string of the molecule is COCCN(C)[C@H]1CCN(C(=O)c2ccc(Br)cc2)C1. The molecule has 0 unspecified atom stereocenters. The lowest BCUT2D eigenvalue weighted by Crippen LogP contribution is -2.38. The summed E-state index contributed by atoms with van der Waals surface area (Å²) in [5, 5.41) is 0. The number of amides is 1. The highest BCUT2D eigenvalue weighted by atomic mass is 79.9. The second kappa shape index (κ2) is 7.20. The van der Waals surface area contributed by atoms with E-state index in [1.54, 1.807) is 7.11 Å². The largest absolute Gasteiger partial charge is 0.383 e. The van der Waals surface area contributed by atoms with Gasteiger partial charge in [-0.1, -0.05) is 15.9 Å². The van der Waals surface area contributed by atoms with Gasteiger partial charge < -0.3 is 9.64 Å². The first-order valence-corrected chi connectivity index (χ1v) is 7.65. The van der Waals surface area contributed by atoms with Gasteiger partial charge in [-0.25, -0.2) is 0 Å². The van der Waals surface area contributed by atoms with Gasteiger partial charge in [-0.2, -0.15) is 0 Å². The lowest BCUT2D eigenvalue weighted by molar-refractivity contribution is 0.0775. The van der Waals surface area contributed by atoms with E-state index in [4.69, 9.17) is 4.74 Å². The van der Waals surface area contributed by atoms with Gasteiger partial charge in [0.25, 0.3) is 5.91 Å². The van der Waals surface area contributed by atoms with Gasteiger partial charge in [0.2, 0.25) is 0 Å². The minimum absolute atomic E-state index is 0.125. The number of methoxy groups -OCH3 is 1. The minimum atomic E-state index is 0.125. The van der Waals surface area contributed by atoms with Crippen molar-refractivity contribution in [1.29, 1.82) is 0 Å². The lowest BCUT2D eigenvalue weighted by atomic mass is 10.2. The Morgan fingerprint density at radius 2 is 2.15 bits per heavy atom. The van der Waals surface area contributed by atoms with Gasteiger partial charge in [-0.3, -0.25) is 9.69 Å². The monoisotopic (exact) mass is 340 g/mol. The second-order valence-corrected chi connectivity index (χ2v) is 6.09. The van der Waals surface area contributed by atoms with E-state index in [0.29, 0.717) is 6.04 Å². The van der Waals surface area contributed by atoms with E-state index in [2.05, 4.69) is 27.9 Å². The summed E-state index contributed by atoms with van der Waals surface area (Å²) < 4.78 is 6.09. The molecule has 20 heavy (non-hydrogen) atoms. The van der Waals surface area contributed by atoms with Crippen molar-refractivity contribution in [3.8, 4) is 0 Å². The van der Waals surface area contributed by atoms with Crippen LogP contribution in [0, 0.1) is 0 Å². The van der Waals surface area contributed by atoms with E-state index < -0.39 is 0 Å². The molecule has 110 valence electrons. The minimum Gasteiger partial charge on any atom is -0.383 e. The highest BCUT2D eigenvalue weighted by molar-refractivity contribution is 9.10. The average molecular weight is 341 g/mol. The molecule has 1 heterocycles. The molecule has 0 saturated carbocycles. The Morgan fingerprint density at radius 3 is 2.80 bits per heavy atom. The van der Waals surface area contributed by atoms with Crippen LogP contribution < -0.4 is 0 Å². The highest BCUT2D eigenvalue weighted by Crippen LogP contribution is 2.18. The number of hydrogen-bond acceptors (Lipinski definition) is 3. The van der Waals surface area contributed by atoms with Crippen molar-refractivity contribution in [1.82, 2.24) is 9.80 Å². The predicted octanol–water partition coefficient (Wildman–Crippen LogP) is 2.24. The van der Waals surface area contributed by atoms with Crippen LogP contribution in [0.25, 0.3) is 0 Å². The number of carbonyl (C=O) groups excluding carboxylic acids is 1. The van der Waals surface area contributed by atoms with Crippen LogP contribution in [0.1, 0.15) is 16.8 Å². The molecule has 1 saturated heterocycles. The molecule has 5 heteroatoms. The predicted molar refractivity (Wildman–Crippen MR) is 83.0 cm³/mol. The summed E-state index contributed by atoms with van der Waals surface area (Å²) in [6.45, 7) is 3.27. The molecule has 0 radical (unpaired) electrons. The number of hydrogen-bond donors (Lipinski definition) is 0. The van der Waals surface area contributed by atoms with Gasteiger partial charge in [0.05, 0.1) is 6.61 Å². The first-order valence-electron chi connectivity index (χ1n) is 6.86. The Morgan fingerprint density at radius 1 is 1.45 bits per heavy atom.